The standard InChI is InChI=1S/C18H25N5OS2/c1-14-7-9-16(10-8-14)25-12-11-19-17(24)13-26-18-20-21-22-23(18)15-5-3-2-4-6-15/h7-10,15H,2-6,11-13H2,1H3,(H,19,24). The normalized spacial score (nSPS) is 15.1. The number of carbonyl (C=O) groups is 1. The summed E-state index contributed by atoms with van der Waals surface area (Å²) in [4.78, 5) is 13.3. The maximum Gasteiger partial charge on any atom is 0.230 e. The van der Waals surface area contributed by atoms with Gasteiger partial charge >= 0.3 is 0 Å². The van der Waals surface area contributed by atoms with Crippen molar-refractivity contribution in [2.24, 2.45) is 0 Å². The molecule has 1 N–H and O–H groups in total. The monoisotopic (exact) mass is 391 g/mol. The number of amides is 1. The van der Waals surface area contributed by atoms with E-state index < -0.39 is 0 Å². The van der Waals surface area contributed by atoms with Gasteiger partial charge in [0.1, 0.15) is 0 Å². The van der Waals surface area contributed by atoms with E-state index in [0.29, 0.717) is 18.3 Å². The molecule has 0 radical (unpaired) electrons. The predicted octanol–water partition coefficient (Wildman–Crippen LogP) is 3.49. The molecule has 0 aliphatic heterocycles. The summed E-state index contributed by atoms with van der Waals surface area (Å²) in [6.45, 7) is 2.74. The van der Waals surface area contributed by atoms with E-state index in [2.05, 4.69) is 52.0 Å². The first-order chi connectivity index (χ1) is 12.7. The molecule has 2 aromatic rings. The number of nitrogens with zero attached hydrogens (tertiary/aromatic N) is 4. The molecule has 0 spiro atoms. The van der Waals surface area contributed by atoms with Crippen molar-refractivity contribution in [1.29, 1.82) is 0 Å². The van der Waals surface area contributed by atoms with Crippen molar-refractivity contribution >= 4 is 29.4 Å². The minimum atomic E-state index is 0.0256. The zero-order valence-electron chi connectivity index (χ0n) is 15.1. The molecule has 1 amide bonds. The minimum absolute atomic E-state index is 0.0256. The van der Waals surface area contributed by atoms with Crippen molar-refractivity contribution in [2.75, 3.05) is 18.1 Å². The number of nitrogens with one attached hydrogen (secondary N) is 1. The zero-order chi connectivity index (χ0) is 18.2. The highest BCUT2D eigenvalue weighted by molar-refractivity contribution is 7.99. The van der Waals surface area contributed by atoms with E-state index in [0.717, 1.165) is 23.8 Å². The summed E-state index contributed by atoms with van der Waals surface area (Å²) in [6.07, 6.45) is 6.01. The van der Waals surface area contributed by atoms with E-state index in [1.165, 1.54) is 41.5 Å². The highest BCUT2D eigenvalue weighted by atomic mass is 32.2. The van der Waals surface area contributed by atoms with Crippen LogP contribution in [0.4, 0.5) is 0 Å². The quantitative estimate of drug-likeness (QED) is 0.549. The molecular weight excluding hydrogens is 366 g/mol. The van der Waals surface area contributed by atoms with Gasteiger partial charge in [-0.25, -0.2) is 4.68 Å². The van der Waals surface area contributed by atoms with Crippen molar-refractivity contribution in [3.05, 3.63) is 29.8 Å². The third-order valence-corrected chi connectivity index (χ3v) is 6.38. The molecule has 1 aromatic heterocycles. The van der Waals surface area contributed by atoms with Crippen LogP contribution in [0.25, 0.3) is 0 Å². The molecule has 6 nitrogen and oxygen atoms in total. The second kappa shape index (κ2) is 9.97. The molecule has 1 aliphatic rings. The van der Waals surface area contributed by atoms with Crippen molar-refractivity contribution in [2.45, 2.75) is 55.1 Å². The SMILES string of the molecule is Cc1ccc(SCCNC(=O)CSc2nnnn2C2CCCCC2)cc1. The average molecular weight is 392 g/mol. The number of benzene rings is 1. The van der Waals surface area contributed by atoms with E-state index in [1.807, 2.05) is 4.68 Å². The number of carbonyl (C=O) groups excluding carboxylic acids is 1. The van der Waals surface area contributed by atoms with Crippen molar-refractivity contribution in [1.82, 2.24) is 25.5 Å². The predicted molar refractivity (Wildman–Crippen MR) is 106 cm³/mol. The van der Waals surface area contributed by atoms with Gasteiger partial charge < -0.3 is 5.32 Å². The molecule has 1 aromatic carbocycles. The molecule has 3 rings (SSSR count). The number of rotatable bonds is 8. The van der Waals surface area contributed by atoms with Gasteiger partial charge in [0.05, 0.1) is 11.8 Å². The summed E-state index contributed by atoms with van der Waals surface area (Å²) in [5, 5.41) is 15.7. The first-order valence-corrected chi connectivity index (χ1v) is 11.1. The minimum Gasteiger partial charge on any atom is -0.355 e. The van der Waals surface area contributed by atoms with E-state index in [-0.39, 0.29) is 5.91 Å². The lowest BCUT2D eigenvalue weighted by Gasteiger charge is -2.21. The van der Waals surface area contributed by atoms with Gasteiger partial charge in [-0.3, -0.25) is 4.79 Å². The smallest absolute Gasteiger partial charge is 0.230 e. The van der Waals surface area contributed by atoms with Crippen LogP contribution in [0.5, 0.6) is 0 Å². The third-order valence-electron chi connectivity index (χ3n) is 4.43. The van der Waals surface area contributed by atoms with Gasteiger partial charge in [0, 0.05) is 17.2 Å². The Morgan fingerprint density at radius 2 is 1.96 bits per heavy atom. The van der Waals surface area contributed by atoms with Crippen LogP contribution < -0.4 is 5.32 Å². The summed E-state index contributed by atoms with van der Waals surface area (Å²) in [6, 6.07) is 8.82. The molecule has 1 heterocycles. The van der Waals surface area contributed by atoms with Crippen LogP contribution >= 0.6 is 23.5 Å². The molecule has 0 unspecified atom stereocenters. The molecule has 0 saturated heterocycles. The second-order valence-corrected chi connectivity index (χ2v) is 8.61. The summed E-state index contributed by atoms with van der Waals surface area (Å²) >= 11 is 3.17. The van der Waals surface area contributed by atoms with Crippen LogP contribution in [0.15, 0.2) is 34.3 Å². The van der Waals surface area contributed by atoms with Crippen molar-refractivity contribution in [3.8, 4) is 0 Å². The summed E-state index contributed by atoms with van der Waals surface area (Å²) in [5.41, 5.74) is 1.26. The van der Waals surface area contributed by atoms with Gasteiger partial charge in [0.25, 0.3) is 0 Å². The first-order valence-electron chi connectivity index (χ1n) is 9.09. The van der Waals surface area contributed by atoms with Crippen LogP contribution in [0.3, 0.4) is 0 Å². The highest BCUT2D eigenvalue weighted by Crippen LogP contribution is 2.30. The fourth-order valence-corrected chi connectivity index (χ4v) is 4.55. The van der Waals surface area contributed by atoms with Crippen LogP contribution in [-0.4, -0.2) is 44.2 Å². The summed E-state index contributed by atoms with van der Waals surface area (Å²) in [7, 11) is 0. The van der Waals surface area contributed by atoms with Gasteiger partial charge in [-0.15, -0.1) is 16.9 Å². The third kappa shape index (κ3) is 5.74. The van der Waals surface area contributed by atoms with Gasteiger partial charge in [-0.2, -0.15) is 0 Å². The van der Waals surface area contributed by atoms with Crippen LogP contribution in [-0.2, 0) is 4.79 Å². The zero-order valence-corrected chi connectivity index (χ0v) is 16.7. The van der Waals surface area contributed by atoms with Gasteiger partial charge in [0.2, 0.25) is 11.1 Å². The molecule has 1 fully saturated rings. The van der Waals surface area contributed by atoms with E-state index in [4.69, 9.17) is 0 Å². The molecule has 26 heavy (non-hydrogen) atoms. The number of tetrazole rings is 1. The number of aromatic nitrogens is 4. The Morgan fingerprint density at radius 1 is 1.19 bits per heavy atom. The second-order valence-electron chi connectivity index (χ2n) is 6.50. The van der Waals surface area contributed by atoms with Crippen molar-refractivity contribution < 1.29 is 4.79 Å². The number of thioether (sulfide) groups is 2. The van der Waals surface area contributed by atoms with Gasteiger partial charge in [0.15, 0.2) is 0 Å². The number of hydrogen-bond donors (Lipinski definition) is 1. The fourth-order valence-electron chi connectivity index (χ4n) is 3.01. The van der Waals surface area contributed by atoms with E-state index >= 15 is 0 Å². The molecule has 1 saturated carbocycles. The highest BCUT2D eigenvalue weighted by Gasteiger charge is 2.20. The Labute approximate surface area is 162 Å². The fraction of sp³-hybridized carbons (Fsp3) is 0.556. The number of aryl methyl sites for hydroxylation is 1. The Morgan fingerprint density at radius 3 is 2.73 bits per heavy atom. The van der Waals surface area contributed by atoms with Gasteiger partial charge in [-0.1, -0.05) is 48.7 Å². The topological polar surface area (TPSA) is 72.7 Å². The lowest BCUT2D eigenvalue weighted by atomic mass is 9.96. The summed E-state index contributed by atoms with van der Waals surface area (Å²) in [5.74, 6) is 1.24. The van der Waals surface area contributed by atoms with Crippen LogP contribution in [0.2, 0.25) is 0 Å². The Hall–Kier alpha value is -1.54. The summed E-state index contributed by atoms with van der Waals surface area (Å²) < 4.78 is 1.91. The Bertz CT molecular complexity index is 698. The lowest BCUT2D eigenvalue weighted by molar-refractivity contribution is -0.118. The molecule has 8 heteroatoms. The maximum absolute atomic E-state index is 12.1. The van der Waals surface area contributed by atoms with Crippen molar-refractivity contribution in [3.63, 3.8) is 0 Å². The largest absolute Gasteiger partial charge is 0.355 e. The first kappa shape index (κ1) is 19.2. The van der Waals surface area contributed by atoms with Crippen LogP contribution in [0, 0.1) is 6.92 Å². The Kier molecular flexibility index (Phi) is 7.37. The molecule has 0 bridgehead atoms. The molecule has 0 atom stereocenters. The number of hydrogen-bond acceptors (Lipinski definition) is 6. The van der Waals surface area contributed by atoms with E-state index in [9.17, 15) is 4.79 Å². The molecular formula is C18H25N5OS2. The average Bonchev–Trinajstić information content (AvgIpc) is 3.14. The van der Waals surface area contributed by atoms with Crippen LogP contribution in [0.1, 0.15) is 43.7 Å². The molecule has 140 valence electrons. The Balaban J connectivity index is 1.36. The lowest BCUT2D eigenvalue weighted by Crippen LogP contribution is -2.27. The maximum atomic E-state index is 12.1. The molecule has 1 aliphatic carbocycles. The van der Waals surface area contributed by atoms with E-state index in [1.54, 1.807) is 11.8 Å². The van der Waals surface area contributed by atoms with Gasteiger partial charge in [-0.05, 0) is 42.3 Å².